The monoisotopic (exact) mass is 394 g/mol. The zero-order chi connectivity index (χ0) is 19.9. The summed E-state index contributed by atoms with van der Waals surface area (Å²) in [4.78, 5) is 11.5. The topological polar surface area (TPSA) is 87.0 Å². The quantitative estimate of drug-likeness (QED) is 0.587. The normalized spacial score (nSPS) is 23.4. The first-order chi connectivity index (χ1) is 12.7. The average Bonchev–Trinajstić information content (AvgIpc) is 2.59. The minimum absolute atomic E-state index is 0.00226. The average molecular weight is 395 g/mol. The number of carboxylic acids is 1. The third kappa shape index (κ3) is 3.38. The fourth-order valence-electron chi connectivity index (χ4n) is 4.45. The molecule has 6 heteroatoms. The second-order valence-corrected chi connectivity index (χ2v) is 8.44. The molecule has 0 spiro atoms. The first kappa shape index (κ1) is 19.9. The standard InChI is InChI=1S/C21H27ClO5/c1-4-5-6-7-11-10-14-16(19(24)17(11)22)15-13(21(2,3)27-14)9-8-12(18(15)23)20(25)26/h10,13,15,23-24H,4-9H2,1-3H3,(H,25,26). The first-order valence-corrected chi connectivity index (χ1v) is 9.95. The van der Waals surface area contributed by atoms with Crippen molar-refractivity contribution < 1.29 is 24.9 Å². The minimum Gasteiger partial charge on any atom is -0.511 e. The number of phenolic OH excluding ortho intramolecular Hbond substituents is 1. The second-order valence-electron chi connectivity index (χ2n) is 8.06. The molecule has 5 nitrogen and oxygen atoms in total. The molecule has 0 fully saturated rings. The summed E-state index contributed by atoms with van der Waals surface area (Å²) in [6.07, 6.45) is 4.66. The molecule has 3 N–H and O–H groups in total. The van der Waals surface area contributed by atoms with E-state index in [-0.39, 0.29) is 34.4 Å². The van der Waals surface area contributed by atoms with E-state index in [1.165, 1.54) is 0 Å². The summed E-state index contributed by atoms with van der Waals surface area (Å²) in [7, 11) is 0. The number of ether oxygens (including phenoxy) is 1. The van der Waals surface area contributed by atoms with E-state index >= 15 is 0 Å². The number of phenols is 1. The van der Waals surface area contributed by atoms with E-state index in [0.29, 0.717) is 17.7 Å². The lowest BCUT2D eigenvalue weighted by Gasteiger charge is -2.47. The van der Waals surface area contributed by atoms with Gasteiger partial charge in [-0.3, -0.25) is 0 Å². The van der Waals surface area contributed by atoms with Crippen LogP contribution in [0.25, 0.3) is 0 Å². The Kier molecular flexibility index (Phi) is 5.35. The minimum atomic E-state index is -1.13. The molecular weight excluding hydrogens is 368 g/mol. The molecule has 0 bridgehead atoms. The Bertz CT molecular complexity index is 796. The maximum absolute atomic E-state index is 11.5. The zero-order valence-corrected chi connectivity index (χ0v) is 16.8. The van der Waals surface area contributed by atoms with Crippen LogP contribution in [0, 0.1) is 5.92 Å². The van der Waals surface area contributed by atoms with Crippen molar-refractivity contribution in [3.8, 4) is 11.5 Å². The number of allylic oxidation sites excluding steroid dienone is 1. The van der Waals surface area contributed by atoms with Crippen molar-refractivity contribution in [1.82, 2.24) is 0 Å². The Morgan fingerprint density at radius 1 is 1.33 bits per heavy atom. The first-order valence-electron chi connectivity index (χ1n) is 9.57. The van der Waals surface area contributed by atoms with Gasteiger partial charge in [0.25, 0.3) is 0 Å². The second kappa shape index (κ2) is 7.27. The van der Waals surface area contributed by atoms with Gasteiger partial charge in [0.1, 0.15) is 22.9 Å². The largest absolute Gasteiger partial charge is 0.511 e. The molecule has 3 rings (SSSR count). The fraction of sp³-hybridized carbons (Fsp3) is 0.571. The van der Waals surface area contributed by atoms with E-state index in [0.717, 1.165) is 31.2 Å². The van der Waals surface area contributed by atoms with Crippen molar-refractivity contribution in [3.63, 3.8) is 0 Å². The molecule has 27 heavy (non-hydrogen) atoms. The molecule has 1 aromatic rings. The highest BCUT2D eigenvalue weighted by Crippen LogP contribution is 2.57. The van der Waals surface area contributed by atoms with Gasteiger partial charge >= 0.3 is 5.97 Å². The summed E-state index contributed by atoms with van der Waals surface area (Å²) >= 11 is 6.44. The molecule has 0 aromatic heterocycles. The van der Waals surface area contributed by atoms with Crippen molar-refractivity contribution in [3.05, 3.63) is 33.5 Å². The van der Waals surface area contributed by atoms with Crippen LogP contribution in [-0.4, -0.2) is 26.9 Å². The van der Waals surface area contributed by atoms with E-state index in [1.807, 2.05) is 19.9 Å². The molecule has 2 aliphatic rings. The summed E-state index contributed by atoms with van der Waals surface area (Å²) in [5, 5.41) is 31.3. The van der Waals surface area contributed by atoms with Crippen molar-refractivity contribution in [2.45, 2.75) is 70.8 Å². The molecule has 2 atom stereocenters. The molecule has 0 saturated carbocycles. The van der Waals surface area contributed by atoms with E-state index in [2.05, 4.69) is 6.92 Å². The number of aryl methyl sites for hydroxylation is 1. The number of rotatable bonds is 5. The van der Waals surface area contributed by atoms with Gasteiger partial charge in [0.15, 0.2) is 0 Å². The summed E-state index contributed by atoms with van der Waals surface area (Å²) in [5.41, 5.74) is 0.617. The number of aliphatic carboxylic acids is 1. The summed E-state index contributed by atoms with van der Waals surface area (Å²) < 4.78 is 6.22. The van der Waals surface area contributed by atoms with Gasteiger partial charge in [0, 0.05) is 11.5 Å². The molecule has 1 aromatic carbocycles. The molecule has 0 amide bonds. The molecule has 1 aliphatic carbocycles. The van der Waals surface area contributed by atoms with Gasteiger partial charge in [-0.15, -0.1) is 0 Å². The number of hydrogen-bond donors (Lipinski definition) is 3. The number of aliphatic hydroxyl groups excluding tert-OH is 1. The van der Waals surface area contributed by atoms with Crippen LogP contribution in [0.5, 0.6) is 11.5 Å². The van der Waals surface area contributed by atoms with E-state index in [9.17, 15) is 20.1 Å². The number of unbranched alkanes of at least 4 members (excludes halogenated alkanes) is 2. The molecule has 148 valence electrons. The maximum Gasteiger partial charge on any atom is 0.334 e. The van der Waals surface area contributed by atoms with Gasteiger partial charge in [0.2, 0.25) is 0 Å². The molecule has 1 heterocycles. The van der Waals surface area contributed by atoms with Crippen molar-refractivity contribution in [1.29, 1.82) is 0 Å². The molecular formula is C21H27ClO5. The third-order valence-corrected chi connectivity index (χ3v) is 6.33. The number of benzene rings is 1. The van der Waals surface area contributed by atoms with E-state index in [4.69, 9.17) is 16.3 Å². The van der Waals surface area contributed by atoms with Crippen molar-refractivity contribution >= 4 is 17.6 Å². The summed E-state index contributed by atoms with van der Waals surface area (Å²) in [6.45, 7) is 6.00. The van der Waals surface area contributed by atoms with Gasteiger partial charge in [-0.05, 0) is 51.2 Å². The molecule has 1 aliphatic heterocycles. The number of carbonyl (C=O) groups is 1. The van der Waals surface area contributed by atoms with Crippen molar-refractivity contribution in [2.75, 3.05) is 0 Å². The predicted molar refractivity (Wildman–Crippen MR) is 104 cm³/mol. The van der Waals surface area contributed by atoms with Crippen LogP contribution < -0.4 is 4.74 Å². The Morgan fingerprint density at radius 3 is 2.67 bits per heavy atom. The number of aromatic hydroxyl groups is 1. The van der Waals surface area contributed by atoms with Crippen molar-refractivity contribution in [2.24, 2.45) is 5.92 Å². The highest BCUT2D eigenvalue weighted by atomic mass is 35.5. The van der Waals surface area contributed by atoms with Gasteiger partial charge < -0.3 is 20.1 Å². The Hall–Kier alpha value is -1.88. The lowest BCUT2D eigenvalue weighted by Crippen LogP contribution is -2.47. The van der Waals surface area contributed by atoms with Crippen LogP contribution in [0.2, 0.25) is 5.02 Å². The zero-order valence-electron chi connectivity index (χ0n) is 16.0. The number of carboxylic acid groups (broad SMARTS) is 1. The van der Waals surface area contributed by atoms with Gasteiger partial charge in [-0.2, -0.15) is 0 Å². The third-order valence-electron chi connectivity index (χ3n) is 5.91. The van der Waals surface area contributed by atoms with Gasteiger partial charge in [0.05, 0.1) is 16.5 Å². The lowest BCUT2D eigenvalue weighted by molar-refractivity contribution is -0.133. The van der Waals surface area contributed by atoms with Gasteiger partial charge in [-0.1, -0.05) is 31.4 Å². The SMILES string of the molecule is CCCCCc1cc2c(c(O)c1Cl)C1C(O)=C(C(=O)O)CCC1C(C)(C)O2. The number of aliphatic hydroxyl groups is 1. The van der Waals surface area contributed by atoms with Crippen LogP contribution in [0.1, 0.15) is 69.9 Å². The Morgan fingerprint density at radius 2 is 2.04 bits per heavy atom. The summed E-state index contributed by atoms with van der Waals surface area (Å²) in [6, 6.07) is 1.84. The Balaban J connectivity index is 2.14. The smallest absolute Gasteiger partial charge is 0.334 e. The van der Waals surface area contributed by atoms with Crippen LogP contribution >= 0.6 is 11.6 Å². The van der Waals surface area contributed by atoms with Crippen LogP contribution in [0.3, 0.4) is 0 Å². The number of halogens is 1. The highest BCUT2D eigenvalue weighted by molar-refractivity contribution is 6.33. The fourth-order valence-corrected chi connectivity index (χ4v) is 4.70. The van der Waals surface area contributed by atoms with E-state index in [1.54, 1.807) is 0 Å². The number of fused-ring (bicyclic) bond motifs is 3. The number of hydrogen-bond acceptors (Lipinski definition) is 4. The maximum atomic E-state index is 11.5. The van der Waals surface area contributed by atoms with Crippen LogP contribution in [-0.2, 0) is 11.2 Å². The van der Waals surface area contributed by atoms with E-state index < -0.39 is 17.5 Å². The lowest BCUT2D eigenvalue weighted by atomic mass is 9.66. The Labute approximate surface area is 164 Å². The molecule has 0 saturated heterocycles. The predicted octanol–water partition coefficient (Wildman–Crippen LogP) is 5.34. The molecule has 0 radical (unpaired) electrons. The highest BCUT2D eigenvalue weighted by Gasteiger charge is 2.50. The van der Waals surface area contributed by atoms with Gasteiger partial charge in [-0.25, -0.2) is 4.79 Å². The summed E-state index contributed by atoms with van der Waals surface area (Å²) in [5.74, 6) is -1.73. The van der Waals surface area contributed by atoms with Crippen LogP contribution in [0.15, 0.2) is 17.4 Å². The molecule has 2 unspecified atom stereocenters. The van der Waals surface area contributed by atoms with Crippen LogP contribution in [0.4, 0.5) is 0 Å².